The molecular formula is C12H16F2N2O. The summed E-state index contributed by atoms with van der Waals surface area (Å²) < 4.78 is 26.0. The standard InChI is InChI=1S/C12H16F2N2O/c1-3-15-12(17)8-16(2)7-9-4-5-10(13)6-11(9)14/h4-6H,3,7-8H2,1-2H3,(H,15,17). The Kier molecular flexibility index (Phi) is 5.03. The molecule has 0 saturated heterocycles. The van der Waals surface area contributed by atoms with Crippen molar-refractivity contribution in [2.24, 2.45) is 0 Å². The zero-order valence-corrected chi connectivity index (χ0v) is 9.96. The van der Waals surface area contributed by atoms with Gasteiger partial charge in [-0.25, -0.2) is 8.78 Å². The molecule has 0 heterocycles. The average Bonchev–Trinajstić information content (AvgIpc) is 2.22. The third-order valence-corrected chi connectivity index (χ3v) is 2.24. The van der Waals surface area contributed by atoms with Crippen molar-refractivity contribution < 1.29 is 13.6 Å². The number of nitrogens with one attached hydrogen (secondary N) is 1. The van der Waals surface area contributed by atoms with Gasteiger partial charge in [0.15, 0.2) is 0 Å². The van der Waals surface area contributed by atoms with Crippen molar-refractivity contribution in [3.05, 3.63) is 35.4 Å². The van der Waals surface area contributed by atoms with E-state index in [0.29, 0.717) is 12.1 Å². The fourth-order valence-corrected chi connectivity index (χ4v) is 1.49. The Morgan fingerprint density at radius 3 is 2.71 bits per heavy atom. The van der Waals surface area contributed by atoms with Crippen LogP contribution in [0.5, 0.6) is 0 Å². The van der Waals surface area contributed by atoms with Gasteiger partial charge in [0, 0.05) is 24.7 Å². The van der Waals surface area contributed by atoms with Crippen LogP contribution < -0.4 is 5.32 Å². The molecule has 0 spiro atoms. The predicted octanol–water partition coefficient (Wildman–Crippen LogP) is 1.53. The summed E-state index contributed by atoms with van der Waals surface area (Å²) in [6, 6.07) is 3.44. The molecule has 94 valence electrons. The van der Waals surface area contributed by atoms with Crippen LogP contribution in [0.2, 0.25) is 0 Å². The lowest BCUT2D eigenvalue weighted by atomic mass is 10.2. The molecule has 0 atom stereocenters. The molecular weight excluding hydrogens is 226 g/mol. The van der Waals surface area contributed by atoms with Crippen molar-refractivity contribution in [2.75, 3.05) is 20.1 Å². The SMILES string of the molecule is CCNC(=O)CN(C)Cc1ccc(F)cc1F. The van der Waals surface area contributed by atoms with E-state index in [9.17, 15) is 13.6 Å². The first-order valence-electron chi connectivity index (χ1n) is 5.42. The van der Waals surface area contributed by atoms with Crippen molar-refractivity contribution in [3.8, 4) is 0 Å². The normalized spacial score (nSPS) is 10.6. The molecule has 0 unspecified atom stereocenters. The van der Waals surface area contributed by atoms with Gasteiger partial charge in [0.05, 0.1) is 6.54 Å². The van der Waals surface area contributed by atoms with E-state index in [0.717, 1.165) is 6.07 Å². The molecule has 1 aromatic carbocycles. The highest BCUT2D eigenvalue weighted by molar-refractivity contribution is 5.77. The number of hydrogen-bond donors (Lipinski definition) is 1. The molecule has 0 radical (unpaired) electrons. The first-order chi connectivity index (χ1) is 8.02. The van der Waals surface area contributed by atoms with Crippen LogP contribution in [-0.4, -0.2) is 30.9 Å². The summed E-state index contributed by atoms with van der Waals surface area (Å²) in [5, 5.41) is 2.65. The van der Waals surface area contributed by atoms with Gasteiger partial charge in [0.2, 0.25) is 5.91 Å². The molecule has 0 aromatic heterocycles. The zero-order valence-electron chi connectivity index (χ0n) is 9.96. The van der Waals surface area contributed by atoms with Crippen molar-refractivity contribution in [3.63, 3.8) is 0 Å². The fourth-order valence-electron chi connectivity index (χ4n) is 1.49. The van der Waals surface area contributed by atoms with E-state index in [2.05, 4.69) is 5.32 Å². The number of carbonyl (C=O) groups excluding carboxylic acids is 1. The Bertz CT molecular complexity index is 396. The summed E-state index contributed by atoms with van der Waals surface area (Å²) in [5.74, 6) is -1.30. The molecule has 1 rings (SSSR count). The quantitative estimate of drug-likeness (QED) is 0.849. The Morgan fingerprint density at radius 2 is 2.12 bits per heavy atom. The Labute approximate surface area is 99.4 Å². The van der Waals surface area contributed by atoms with Gasteiger partial charge >= 0.3 is 0 Å². The van der Waals surface area contributed by atoms with Crippen LogP contribution in [0.4, 0.5) is 8.78 Å². The van der Waals surface area contributed by atoms with Crippen LogP contribution in [0.15, 0.2) is 18.2 Å². The minimum atomic E-state index is -0.599. The first-order valence-corrected chi connectivity index (χ1v) is 5.42. The molecule has 0 aliphatic carbocycles. The van der Waals surface area contributed by atoms with Gasteiger partial charge in [-0.3, -0.25) is 9.69 Å². The molecule has 17 heavy (non-hydrogen) atoms. The van der Waals surface area contributed by atoms with Gasteiger partial charge in [0.1, 0.15) is 11.6 Å². The van der Waals surface area contributed by atoms with E-state index in [4.69, 9.17) is 0 Å². The number of halogens is 2. The molecule has 0 saturated carbocycles. The highest BCUT2D eigenvalue weighted by Crippen LogP contribution is 2.11. The third-order valence-electron chi connectivity index (χ3n) is 2.24. The number of nitrogens with zero attached hydrogens (tertiary/aromatic N) is 1. The summed E-state index contributed by atoms with van der Waals surface area (Å²) in [5.41, 5.74) is 0.373. The second-order valence-corrected chi connectivity index (χ2v) is 3.86. The van der Waals surface area contributed by atoms with Crippen LogP contribution in [0.1, 0.15) is 12.5 Å². The smallest absolute Gasteiger partial charge is 0.234 e. The number of hydrogen-bond acceptors (Lipinski definition) is 2. The Balaban J connectivity index is 2.55. The molecule has 1 amide bonds. The molecule has 3 nitrogen and oxygen atoms in total. The fraction of sp³-hybridized carbons (Fsp3) is 0.417. The summed E-state index contributed by atoms with van der Waals surface area (Å²) in [7, 11) is 1.71. The summed E-state index contributed by atoms with van der Waals surface area (Å²) in [4.78, 5) is 12.9. The first kappa shape index (κ1) is 13.6. The third kappa shape index (κ3) is 4.48. The van der Waals surface area contributed by atoms with Gasteiger partial charge in [0.25, 0.3) is 0 Å². The average molecular weight is 242 g/mol. The number of benzene rings is 1. The summed E-state index contributed by atoms with van der Waals surface area (Å²) in [6.07, 6.45) is 0. The van der Waals surface area contributed by atoms with Crippen LogP contribution in [0, 0.1) is 11.6 Å². The lowest BCUT2D eigenvalue weighted by Gasteiger charge is -2.16. The Hall–Kier alpha value is -1.49. The maximum atomic E-state index is 13.3. The highest BCUT2D eigenvalue weighted by Gasteiger charge is 2.09. The summed E-state index contributed by atoms with van der Waals surface area (Å²) >= 11 is 0. The molecule has 1 aromatic rings. The number of rotatable bonds is 5. The van der Waals surface area contributed by atoms with Crippen LogP contribution in [-0.2, 0) is 11.3 Å². The van der Waals surface area contributed by atoms with Gasteiger partial charge in [-0.15, -0.1) is 0 Å². The Morgan fingerprint density at radius 1 is 1.41 bits per heavy atom. The second kappa shape index (κ2) is 6.30. The monoisotopic (exact) mass is 242 g/mol. The van der Waals surface area contributed by atoms with Gasteiger partial charge in [-0.05, 0) is 20.0 Å². The minimum absolute atomic E-state index is 0.113. The largest absolute Gasteiger partial charge is 0.355 e. The highest BCUT2D eigenvalue weighted by atomic mass is 19.1. The van der Waals surface area contributed by atoms with E-state index < -0.39 is 11.6 Å². The van der Waals surface area contributed by atoms with E-state index in [1.54, 1.807) is 11.9 Å². The zero-order chi connectivity index (χ0) is 12.8. The lowest BCUT2D eigenvalue weighted by molar-refractivity contribution is -0.121. The lowest BCUT2D eigenvalue weighted by Crippen LogP contribution is -2.34. The molecule has 0 bridgehead atoms. The maximum absolute atomic E-state index is 13.3. The molecule has 0 fully saturated rings. The second-order valence-electron chi connectivity index (χ2n) is 3.86. The summed E-state index contributed by atoms with van der Waals surface area (Å²) in [6.45, 7) is 2.85. The molecule has 1 N–H and O–H groups in total. The topological polar surface area (TPSA) is 32.3 Å². The van der Waals surface area contributed by atoms with Gasteiger partial charge in [-0.1, -0.05) is 6.07 Å². The number of carbonyl (C=O) groups is 1. The predicted molar refractivity (Wildman–Crippen MR) is 61.4 cm³/mol. The molecule has 0 aliphatic heterocycles. The van der Waals surface area contributed by atoms with E-state index in [-0.39, 0.29) is 19.0 Å². The van der Waals surface area contributed by atoms with Gasteiger partial charge in [-0.2, -0.15) is 0 Å². The van der Waals surface area contributed by atoms with Crippen molar-refractivity contribution in [1.82, 2.24) is 10.2 Å². The van der Waals surface area contributed by atoms with Crippen molar-refractivity contribution in [2.45, 2.75) is 13.5 Å². The van der Waals surface area contributed by atoms with Crippen molar-refractivity contribution >= 4 is 5.91 Å². The molecule has 0 aliphatic rings. The number of amides is 1. The van der Waals surface area contributed by atoms with Crippen LogP contribution in [0.3, 0.4) is 0 Å². The van der Waals surface area contributed by atoms with Crippen LogP contribution >= 0.6 is 0 Å². The minimum Gasteiger partial charge on any atom is -0.355 e. The number of likely N-dealkylation sites (N-methyl/N-ethyl adjacent to an activating group) is 2. The van der Waals surface area contributed by atoms with Crippen LogP contribution in [0.25, 0.3) is 0 Å². The van der Waals surface area contributed by atoms with E-state index >= 15 is 0 Å². The van der Waals surface area contributed by atoms with Gasteiger partial charge < -0.3 is 5.32 Å². The molecule has 5 heteroatoms. The van der Waals surface area contributed by atoms with E-state index in [1.807, 2.05) is 6.92 Å². The van der Waals surface area contributed by atoms with E-state index in [1.165, 1.54) is 12.1 Å². The van der Waals surface area contributed by atoms with Crippen molar-refractivity contribution in [1.29, 1.82) is 0 Å². The maximum Gasteiger partial charge on any atom is 0.234 e.